The minimum Gasteiger partial charge on any atom is -0.505 e. The number of aromatic nitrogens is 1. The normalized spacial score (nSPS) is 10.8. The van der Waals surface area contributed by atoms with Crippen LogP contribution in [0.15, 0.2) is 10.7 Å². The van der Waals surface area contributed by atoms with E-state index in [2.05, 4.69) is 20.9 Å². The van der Waals surface area contributed by atoms with E-state index < -0.39 is 6.43 Å². The van der Waals surface area contributed by atoms with E-state index in [1.807, 2.05) is 0 Å². The number of rotatable bonds is 1. The molecule has 0 saturated carbocycles. The van der Waals surface area contributed by atoms with Gasteiger partial charge in [0.1, 0.15) is 16.0 Å². The fraction of sp³-hybridized carbons (Fsp3) is 0.286. The average Bonchev–Trinajstić information content (AvgIpc) is 1.96. The summed E-state index contributed by atoms with van der Waals surface area (Å²) in [5, 5.41) is 9.05. The van der Waals surface area contributed by atoms with E-state index in [4.69, 9.17) is 5.11 Å². The SMILES string of the molecule is Cc1cc(O)c(Br)nc1C(F)F. The molecule has 0 aliphatic rings. The molecule has 0 unspecified atom stereocenters. The van der Waals surface area contributed by atoms with Crippen LogP contribution in [0.3, 0.4) is 0 Å². The fourth-order valence-electron chi connectivity index (χ4n) is 0.811. The lowest BCUT2D eigenvalue weighted by molar-refractivity contribution is 0.145. The number of hydrogen-bond donors (Lipinski definition) is 1. The Morgan fingerprint density at radius 3 is 2.67 bits per heavy atom. The zero-order valence-electron chi connectivity index (χ0n) is 6.18. The van der Waals surface area contributed by atoms with Crippen LogP contribution in [0.1, 0.15) is 17.7 Å². The standard InChI is InChI=1S/C7H6BrF2NO/c1-3-2-4(12)6(8)11-5(3)7(9)10/h2,7,12H,1H3. The van der Waals surface area contributed by atoms with Crippen molar-refractivity contribution in [3.63, 3.8) is 0 Å². The summed E-state index contributed by atoms with van der Waals surface area (Å²) in [5.41, 5.74) is -0.0228. The summed E-state index contributed by atoms with van der Waals surface area (Å²) < 4.78 is 24.4. The minimum atomic E-state index is -2.61. The Labute approximate surface area is 76.4 Å². The highest BCUT2D eigenvalue weighted by atomic mass is 79.9. The largest absolute Gasteiger partial charge is 0.505 e. The van der Waals surface area contributed by atoms with Crippen LogP contribution in [0.25, 0.3) is 0 Å². The number of aryl methyl sites for hydroxylation is 1. The molecule has 1 N–H and O–H groups in total. The van der Waals surface area contributed by atoms with Gasteiger partial charge in [-0.15, -0.1) is 0 Å². The number of halogens is 3. The average molecular weight is 238 g/mol. The summed E-state index contributed by atoms with van der Waals surface area (Å²) in [5.74, 6) is -0.128. The van der Waals surface area contributed by atoms with Gasteiger partial charge in [0, 0.05) is 0 Å². The second-order valence-electron chi connectivity index (χ2n) is 2.30. The Kier molecular flexibility index (Phi) is 2.62. The van der Waals surface area contributed by atoms with E-state index in [1.54, 1.807) is 0 Å². The van der Waals surface area contributed by atoms with Crippen molar-refractivity contribution >= 4 is 15.9 Å². The van der Waals surface area contributed by atoms with E-state index >= 15 is 0 Å². The molecule has 0 aliphatic heterocycles. The first-order valence-electron chi connectivity index (χ1n) is 3.16. The fourth-order valence-corrected chi connectivity index (χ4v) is 1.12. The molecule has 66 valence electrons. The van der Waals surface area contributed by atoms with Crippen LogP contribution in [0.2, 0.25) is 0 Å². The minimum absolute atomic E-state index is 0.0448. The third-order valence-electron chi connectivity index (χ3n) is 1.39. The molecular formula is C7H6BrF2NO. The maximum absolute atomic E-state index is 12.2. The Bertz CT molecular complexity index is 304. The lowest BCUT2D eigenvalue weighted by Crippen LogP contribution is -1.94. The van der Waals surface area contributed by atoms with Crippen molar-refractivity contribution < 1.29 is 13.9 Å². The molecule has 0 radical (unpaired) electrons. The van der Waals surface area contributed by atoms with E-state index in [-0.39, 0.29) is 21.6 Å². The maximum Gasteiger partial charge on any atom is 0.280 e. The van der Waals surface area contributed by atoms with Crippen molar-refractivity contribution in [3.05, 3.63) is 21.9 Å². The second-order valence-corrected chi connectivity index (χ2v) is 3.05. The smallest absolute Gasteiger partial charge is 0.280 e. The number of aromatic hydroxyl groups is 1. The first-order valence-corrected chi connectivity index (χ1v) is 3.96. The lowest BCUT2D eigenvalue weighted by atomic mass is 10.2. The molecular weight excluding hydrogens is 232 g/mol. The number of hydrogen-bond acceptors (Lipinski definition) is 2. The van der Waals surface area contributed by atoms with Gasteiger partial charge >= 0.3 is 0 Å². The number of nitrogens with zero attached hydrogens (tertiary/aromatic N) is 1. The highest BCUT2D eigenvalue weighted by Gasteiger charge is 2.14. The van der Waals surface area contributed by atoms with Gasteiger partial charge in [-0.05, 0) is 34.5 Å². The van der Waals surface area contributed by atoms with Crippen LogP contribution in [0.4, 0.5) is 8.78 Å². The van der Waals surface area contributed by atoms with Crippen molar-refractivity contribution in [2.75, 3.05) is 0 Å². The first kappa shape index (κ1) is 9.38. The molecule has 0 amide bonds. The molecule has 0 aromatic carbocycles. The Hall–Kier alpha value is -0.710. The number of pyridine rings is 1. The molecule has 2 nitrogen and oxygen atoms in total. The van der Waals surface area contributed by atoms with Gasteiger partial charge in [-0.1, -0.05) is 0 Å². The van der Waals surface area contributed by atoms with Gasteiger partial charge in [0.25, 0.3) is 6.43 Å². The van der Waals surface area contributed by atoms with Gasteiger partial charge < -0.3 is 5.11 Å². The third-order valence-corrected chi connectivity index (χ3v) is 1.98. The molecule has 1 aromatic rings. The molecule has 12 heavy (non-hydrogen) atoms. The zero-order valence-corrected chi connectivity index (χ0v) is 7.77. The van der Waals surface area contributed by atoms with Crippen LogP contribution in [-0.4, -0.2) is 10.1 Å². The molecule has 0 spiro atoms. The summed E-state index contributed by atoms with van der Waals surface area (Å²) in [6, 6.07) is 1.25. The van der Waals surface area contributed by atoms with Gasteiger partial charge in [0.05, 0.1) is 0 Å². The summed E-state index contributed by atoms with van der Waals surface area (Å²) in [7, 11) is 0. The van der Waals surface area contributed by atoms with Gasteiger partial charge in [0.2, 0.25) is 0 Å². The van der Waals surface area contributed by atoms with Crippen molar-refractivity contribution in [1.29, 1.82) is 0 Å². The topological polar surface area (TPSA) is 33.1 Å². The van der Waals surface area contributed by atoms with Crippen LogP contribution < -0.4 is 0 Å². The molecule has 0 saturated heterocycles. The maximum atomic E-state index is 12.2. The highest BCUT2D eigenvalue weighted by molar-refractivity contribution is 9.10. The van der Waals surface area contributed by atoms with E-state index in [1.165, 1.54) is 13.0 Å². The van der Waals surface area contributed by atoms with Gasteiger partial charge in [-0.25, -0.2) is 13.8 Å². The van der Waals surface area contributed by atoms with Crippen molar-refractivity contribution in [1.82, 2.24) is 4.98 Å². The molecule has 0 atom stereocenters. The van der Waals surface area contributed by atoms with Crippen LogP contribution >= 0.6 is 15.9 Å². The molecule has 5 heteroatoms. The summed E-state index contributed by atoms with van der Waals surface area (Å²) in [4.78, 5) is 3.49. The van der Waals surface area contributed by atoms with Gasteiger partial charge in [-0.2, -0.15) is 0 Å². The lowest BCUT2D eigenvalue weighted by Gasteiger charge is -2.04. The second kappa shape index (κ2) is 3.35. The molecule has 1 aromatic heterocycles. The van der Waals surface area contributed by atoms with Crippen LogP contribution in [0, 0.1) is 6.92 Å². The predicted octanol–water partition coefficient (Wildman–Crippen LogP) is 2.80. The molecule has 0 fully saturated rings. The quantitative estimate of drug-likeness (QED) is 0.763. The number of alkyl halides is 2. The van der Waals surface area contributed by atoms with Crippen LogP contribution in [-0.2, 0) is 0 Å². The van der Waals surface area contributed by atoms with Crippen molar-refractivity contribution in [2.24, 2.45) is 0 Å². The predicted molar refractivity (Wildman–Crippen MR) is 43.3 cm³/mol. The first-order chi connectivity index (χ1) is 5.52. The van der Waals surface area contributed by atoms with E-state index in [9.17, 15) is 8.78 Å². The monoisotopic (exact) mass is 237 g/mol. The van der Waals surface area contributed by atoms with E-state index in [0.29, 0.717) is 0 Å². The van der Waals surface area contributed by atoms with E-state index in [0.717, 1.165) is 0 Å². The molecule has 1 rings (SSSR count). The zero-order chi connectivity index (χ0) is 9.30. The molecule has 0 aliphatic carbocycles. The van der Waals surface area contributed by atoms with Gasteiger partial charge in [-0.3, -0.25) is 0 Å². The summed E-state index contributed by atoms with van der Waals surface area (Å²) in [6.07, 6.45) is -2.61. The Morgan fingerprint density at radius 2 is 2.17 bits per heavy atom. The Balaban J connectivity index is 3.23. The van der Waals surface area contributed by atoms with Gasteiger partial charge in [0.15, 0.2) is 0 Å². The Morgan fingerprint density at radius 1 is 1.58 bits per heavy atom. The van der Waals surface area contributed by atoms with Crippen molar-refractivity contribution in [3.8, 4) is 5.75 Å². The summed E-state index contributed by atoms with van der Waals surface area (Å²) >= 11 is 2.85. The summed E-state index contributed by atoms with van der Waals surface area (Å²) in [6.45, 7) is 1.47. The van der Waals surface area contributed by atoms with Crippen LogP contribution in [0.5, 0.6) is 5.75 Å². The molecule has 0 bridgehead atoms. The van der Waals surface area contributed by atoms with Crippen molar-refractivity contribution in [2.45, 2.75) is 13.3 Å². The highest BCUT2D eigenvalue weighted by Crippen LogP contribution is 2.28. The third kappa shape index (κ3) is 1.72. The molecule has 1 heterocycles.